The first kappa shape index (κ1) is 18.1. The summed E-state index contributed by atoms with van der Waals surface area (Å²) in [4.78, 5) is 15.9. The van der Waals surface area contributed by atoms with E-state index in [1.807, 2.05) is 0 Å². The summed E-state index contributed by atoms with van der Waals surface area (Å²) in [5.41, 5.74) is -1.49. The number of aromatic nitrogens is 2. The topological polar surface area (TPSA) is 55.6 Å². The third-order valence-corrected chi connectivity index (χ3v) is 4.08. The molecular formula is C14H15F3IN3O2. The molecule has 0 aliphatic heterocycles. The van der Waals surface area contributed by atoms with E-state index in [4.69, 9.17) is 4.74 Å². The van der Waals surface area contributed by atoms with Crippen LogP contribution in [0.4, 0.5) is 13.2 Å². The van der Waals surface area contributed by atoms with Crippen molar-refractivity contribution in [2.24, 2.45) is 0 Å². The molecule has 0 bridgehead atoms. The van der Waals surface area contributed by atoms with Crippen molar-refractivity contribution in [3.63, 3.8) is 0 Å². The van der Waals surface area contributed by atoms with Gasteiger partial charge in [0, 0.05) is 32.1 Å². The lowest BCUT2D eigenvalue weighted by Gasteiger charge is -2.18. The minimum absolute atomic E-state index is 0.255. The molecule has 0 saturated carbocycles. The molecule has 0 radical (unpaired) electrons. The van der Waals surface area contributed by atoms with Crippen molar-refractivity contribution in [3.8, 4) is 0 Å². The van der Waals surface area contributed by atoms with Crippen LogP contribution in [0.5, 0.6) is 0 Å². The maximum atomic E-state index is 13.3. The van der Waals surface area contributed by atoms with Gasteiger partial charge in [0.25, 0.3) is 5.56 Å². The fourth-order valence-corrected chi connectivity index (χ4v) is 2.52. The quantitative estimate of drug-likeness (QED) is 0.573. The summed E-state index contributed by atoms with van der Waals surface area (Å²) in [6.45, 7) is 2.64. The van der Waals surface area contributed by atoms with Gasteiger partial charge >= 0.3 is 6.18 Å². The Kier molecular flexibility index (Phi) is 5.63. The number of hydrogen-bond donors (Lipinski definition) is 1. The highest BCUT2D eigenvalue weighted by molar-refractivity contribution is 14.1. The van der Waals surface area contributed by atoms with Crippen molar-refractivity contribution in [3.05, 3.63) is 43.5 Å². The molecule has 1 N–H and O–H groups in total. The van der Waals surface area contributed by atoms with Gasteiger partial charge in [0.15, 0.2) is 5.65 Å². The molecule has 9 heteroatoms. The summed E-state index contributed by atoms with van der Waals surface area (Å²) >= 11 is 1.75. The van der Waals surface area contributed by atoms with Gasteiger partial charge in [0.1, 0.15) is 0 Å². The zero-order valence-electron chi connectivity index (χ0n) is 12.4. The van der Waals surface area contributed by atoms with Crippen LogP contribution in [-0.4, -0.2) is 29.6 Å². The molecule has 1 unspecified atom stereocenters. The Morgan fingerprint density at radius 2 is 2.17 bits per heavy atom. The zero-order chi connectivity index (χ0) is 17.2. The summed E-state index contributed by atoms with van der Waals surface area (Å²) in [6, 6.07) is 0.652. The van der Waals surface area contributed by atoms with Gasteiger partial charge in [-0.1, -0.05) is 0 Å². The summed E-state index contributed by atoms with van der Waals surface area (Å²) < 4.78 is 46.0. The first-order chi connectivity index (χ1) is 10.8. The average molecular weight is 441 g/mol. The van der Waals surface area contributed by atoms with Crippen molar-refractivity contribution >= 4 is 28.2 Å². The van der Waals surface area contributed by atoms with Crippen molar-refractivity contribution in [1.29, 1.82) is 0 Å². The molecule has 0 aliphatic carbocycles. The van der Waals surface area contributed by atoms with Gasteiger partial charge in [-0.25, -0.2) is 4.98 Å². The van der Waals surface area contributed by atoms with E-state index in [0.29, 0.717) is 18.7 Å². The average Bonchev–Trinajstić information content (AvgIpc) is 2.49. The number of nitrogens with one attached hydrogen (secondary N) is 1. The van der Waals surface area contributed by atoms with Crippen LogP contribution in [-0.2, 0) is 10.9 Å². The second-order valence-corrected chi connectivity index (χ2v) is 6.12. The van der Waals surface area contributed by atoms with Gasteiger partial charge in [-0.2, -0.15) is 13.2 Å². The number of rotatable bonds is 5. The van der Waals surface area contributed by atoms with Crippen LogP contribution in [0, 0.1) is 3.57 Å². The van der Waals surface area contributed by atoms with Gasteiger partial charge in [-0.15, -0.1) is 0 Å². The molecule has 2 aromatic heterocycles. The van der Waals surface area contributed by atoms with Gasteiger partial charge in [0.05, 0.1) is 15.7 Å². The van der Waals surface area contributed by atoms with Gasteiger partial charge in [0.2, 0.25) is 0 Å². The molecule has 0 aromatic carbocycles. The molecule has 0 saturated heterocycles. The third-order valence-electron chi connectivity index (χ3n) is 3.34. The second-order valence-electron chi connectivity index (χ2n) is 4.96. The zero-order valence-corrected chi connectivity index (χ0v) is 14.6. The molecule has 2 aromatic rings. The third kappa shape index (κ3) is 4.01. The van der Waals surface area contributed by atoms with E-state index in [-0.39, 0.29) is 9.61 Å². The van der Waals surface area contributed by atoms with Crippen LogP contribution >= 0.6 is 22.6 Å². The summed E-state index contributed by atoms with van der Waals surface area (Å²) in [6.07, 6.45) is -2.06. The normalized spacial score (nSPS) is 13.5. The molecular weight excluding hydrogens is 426 g/mol. The highest BCUT2D eigenvalue weighted by Gasteiger charge is 2.35. The Morgan fingerprint density at radius 1 is 1.48 bits per heavy atom. The van der Waals surface area contributed by atoms with Crippen molar-refractivity contribution in [2.45, 2.75) is 19.1 Å². The smallest absolute Gasteiger partial charge is 0.383 e. The summed E-state index contributed by atoms with van der Waals surface area (Å²) in [7, 11) is 1.54. The van der Waals surface area contributed by atoms with E-state index < -0.39 is 22.9 Å². The monoisotopic (exact) mass is 441 g/mol. The number of nitrogens with zero attached hydrogens (tertiary/aromatic N) is 2. The van der Waals surface area contributed by atoms with E-state index in [2.05, 4.69) is 10.3 Å². The summed E-state index contributed by atoms with van der Waals surface area (Å²) in [5.74, 6) is 0. The van der Waals surface area contributed by atoms with Crippen molar-refractivity contribution in [2.75, 3.05) is 20.3 Å². The maximum Gasteiger partial charge on any atom is 0.419 e. The molecule has 23 heavy (non-hydrogen) atoms. The molecule has 0 aliphatic rings. The van der Waals surface area contributed by atoms with Gasteiger partial charge < -0.3 is 10.1 Å². The number of methoxy groups -OCH3 is 1. The Hall–Kier alpha value is -1.20. The summed E-state index contributed by atoms with van der Waals surface area (Å²) in [5, 5.41) is 3.05. The van der Waals surface area contributed by atoms with Crippen LogP contribution in [0.15, 0.2) is 23.3 Å². The number of pyridine rings is 1. The van der Waals surface area contributed by atoms with Crippen molar-refractivity contribution in [1.82, 2.24) is 14.7 Å². The molecule has 2 heterocycles. The molecule has 126 valence electrons. The van der Waals surface area contributed by atoms with Crippen LogP contribution in [0.1, 0.15) is 24.1 Å². The van der Waals surface area contributed by atoms with E-state index in [9.17, 15) is 18.0 Å². The Bertz CT molecular complexity index is 761. The van der Waals surface area contributed by atoms with Crippen molar-refractivity contribution < 1.29 is 17.9 Å². The van der Waals surface area contributed by atoms with Gasteiger partial charge in [-0.05, 0) is 41.1 Å². The molecule has 1 atom stereocenters. The highest BCUT2D eigenvalue weighted by atomic mass is 127. The van der Waals surface area contributed by atoms with E-state index in [1.165, 1.54) is 13.3 Å². The molecule has 0 amide bonds. The largest absolute Gasteiger partial charge is 0.419 e. The number of hydrogen-bond acceptors (Lipinski definition) is 4. The first-order valence-electron chi connectivity index (χ1n) is 6.76. The molecule has 0 fully saturated rings. The Labute approximate surface area is 144 Å². The molecule has 2 rings (SSSR count). The number of alkyl halides is 3. The van der Waals surface area contributed by atoms with Gasteiger partial charge in [-0.3, -0.25) is 9.20 Å². The molecule has 0 spiro atoms. The second kappa shape index (κ2) is 7.14. The van der Waals surface area contributed by atoms with E-state index >= 15 is 0 Å². The fourth-order valence-electron chi connectivity index (χ4n) is 2.12. The Balaban J connectivity index is 2.59. The van der Waals surface area contributed by atoms with Crippen LogP contribution in [0.3, 0.4) is 0 Å². The minimum Gasteiger partial charge on any atom is -0.383 e. The highest BCUT2D eigenvalue weighted by Crippen LogP contribution is 2.33. The number of halogens is 4. The van der Waals surface area contributed by atoms with E-state index in [1.54, 1.807) is 29.5 Å². The predicted molar refractivity (Wildman–Crippen MR) is 87.5 cm³/mol. The SMILES string of the molecule is COCCNC(C)c1cc(C(F)(F)F)c2ncc(I)c(=O)n2c1. The predicted octanol–water partition coefficient (Wildman–Crippen LogP) is 2.61. The lowest BCUT2D eigenvalue weighted by atomic mass is 10.1. The number of ether oxygens (including phenoxy) is 1. The maximum absolute atomic E-state index is 13.3. The molecule has 5 nitrogen and oxygen atoms in total. The first-order valence-corrected chi connectivity index (χ1v) is 7.84. The fraction of sp³-hybridized carbons (Fsp3) is 0.429. The number of fused-ring (bicyclic) bond motifs is 1. The van der Waals surface area contributed by atoms with Crippen LogP contribution in [0.25, 0.3) is 5.65 Å². The minimum atomic E-state index is -4.60. The lowest BCUT2D eigenvalue weighted by Crippen LogP contribution is -2.26. The lowest BCUT2D eigenvalue weighted by molar-refractivity contribution is -0.136. The van der Waals surface area contributed by atoms with Crippen LogP contribution in [0.2, 0.25) is 0 Å². The standard InChI is InChI=1S/C14H15F3IN3O2/c1-8(19-3-4-23-2)9-5-10(14(15,16)17)12-20-6-11(18)13(22)21(12)7-9/h5-8,19H,3-4H2,1-2H3. The van der Waals surface area contributed by atoms with Crippen LogP contribution < -0.4 is 10.9 Å². The van der Waals surface area contributed by atoms with E-state index in [0.717, 1.165) is 16.7 Å². The Morgan fingerprint density at radius 3 is 2.78 bits per heavy atom.